The van der Waals surface area contributed by atoms with Gasteiger partial charge in [-0.05, 0) is 56.7 Å². The minimum absolute atomic E-state index is 0.0871. The molecule has 0 aliphatic heterocycles. The van der Waals surface area contributed by atoms with Crippen LogP contribution in [0.1, 0.15) is 52.5 Å². The Kier molecular flexibility index (Phi) is 10.1. The number of pyridine rings is 1. The Morgan fingerprint density at radius 2 is 2.03 bits per heavy atom. The molecular formula is C27H35NO6. The molecule has 0 aromatic carbocycles. The van der Waals surface area contributed by atoms with E-state index in [1.165, 1.54) is 13.8 Å². The number of Topliss-reactive ketones (excluding diaryl/α,β-unsaturated/α-hetero) is 2. The first kappa shape index (κ1) is 27.3. The summed E-state index contributed by atoms with van der Waals surface area (Å²) < 4.78 is 5.32. The van der Waals surface area contributed by atoms with Crippen molar-refractivity contribution in [2.45, 2.75) is 71.2 Å². The summed E-state index contributed by atoms with van der Waals surface area (Å²) in [5.41, 5.74) is 0.307. The minimum atomic E-state index is -1.44. The topological polar surface area (TPSA) is 114 Å². The van der Waals surface area contributed by atoms with Gasteiger partial charge in [0.15, 0.2) is 0 Å². The van der Waals surface area contributed by atoms with Crippen molar-refractivity contribution in [2.75, 3.05) is 0 Å². The van der Waals surface area contributed by atoms with Crippen molar-refractivity contribution in [3.05, 3.63) is 66.0 Å². The second-order valence-electron chi connectivity index (χ2n) is 9.20. The van der Waals surface area contributed by atoms with Crippen molar-refractivity contribution in [3.63, 3.8) is 0 Å². The van der Waals surface area contributed by atoms with Gasteiger partial charge >= 0.3 is 5.97 Å². The molecule has 5 atom stereocenters. The Balaban J connectivity index is 2.33. The maximum Gasteiger partial charge on any atom is 0.303 e. The quantitative estimate of drug-likeness (QED) is 0.294. The molecule has 184 valence electrons. The van der Waals surface area contributed by atoms with Crippen molar-refractivity contribution in [2.24, 2.45) is 11.8 Å². The molecule has 7 nitrogen and oxygen atoms in total. The van der Waals surface area contributed by atoms with E-state index in [0.717, 1.165) is 5.56 Å². The fourth-order valence-corrected chi connectivity index (χ4v) is 4.04. The van der Waals surface area contributed by atoms with E-state index in [1.807, 2.05) is 24.3 Å². The zero-order valence-electron chi connectivity index (χ0n) is 20.3. The molecule has 1 heterocycles. The predicted molar refractivity (Wildman–Crippen MR) is 129 cm³/mol. The van der Waals surface area contributed by atoms with Gasteiger partial charge in [0, 0.05) is 25.7 Å². The molecule has 7 heteroatoms. The second-order valence-corrected chi connectivity index (χ2v) is 9.20. The van der Waals surface area contributed by atoms with Crippen LogP contribution in [0.4, 0.5) is 0 Å². The Hall–Kier alpha value is -2.90. The van der Waals surface area contributed by atoms with Gasteiger partial charge in [0.25, 0.3) is 0 Å². The first-order valence-corrected chi connectivity index (χ1v) is 11.6. The molecule has 0 fully saturated rings. The number of carbonyl (C=O) groups is 3. The molecule has 0 radical (unpaired) electrons. The van der Waals surface area contributed by atoms with Crippen LogP contribution in [0.15, 0.2) is 60.5 Å². The number of esters is 1. The van der Waals surface area contributed by atoms with E-state index >= 15 is 0 Å². The van der Waals surface area contributed by atoms with Crippen LogP contribution in [-0.4, -0.2) is 50.5 Å². The molecule has 1 aromatic heterocycles. The maximum atomic E-state index is 13.1. The summed E-state index contributed by atoms with van der Waals surface area (Å²) in [5, 5.41) is 21.2. The fraction of sp³-hybridized carbons (Fsp3) is 0.481. The van der Waals surface area contributed by atoms with Gasteiger partial charge in [0.2, 0.25) is 11.6 Å². The maximum absolute atomic E-state index is 13.1. The van der Waals surface area contributed by atoms with Gasteiger partial charge in [-0.2, -0.15) is 0 Å². The van der Waals surface area contributed by atoms with Crippen molar-refractivity contribution in [1.82, 2.24) is 4.98 Å². The van der Waals surface area contributed by atoms with Crippen LogP contribution in [0, 0.1) is 11.8 Å². The number of allylic oxidation sites excluding steroid dienone is 5. The SMILES string of the molecule is CC(=O)O[C@@H]1/C=C/[C@H](C)[C@@H](/C(C)=C/C=C/Cc2cccnc2)C(=O)C(=O)C[C@H](O)CC[C@@]1(C)O. The summed E-state index contributed by atoms with van der Waals surface area (Å²) >= 11 is 0. The van der Waals surface area contributed by atoms with Crippen molar-refractivity contribution < 1.29 is 29.3 Å². The van der Waals surface area contributed by atoms with Crippen LogP contribution in [0.2, 0.25) is 0 Å². The van der Waals surface area contributed by atoms with Gasteiger partial charge in [0.1, 0.15) is 11.7 Å². The van der Waals surface area contributed by atoms with Crippen molar-refractivity contribution >= 4 is 17.5 Å². The summed E-state index contributed by atoms with van der Waals surface area (Å²) in [5.74, 6) is -2.91. The van der Waals surface area contributed by atoms with E-state index in [4.69, 9.17) is 4.74 Å². The zero-order chi connectivity index (χ0) is 25.3. The normalized spacial score (nSPS) is 30.5. The van der Waals surface area contributed by atoms with Gasteiger partial charge in [-0.15, -0.1) is 0 Å². The molecule has 1 aliphatic carbocycles. The number of ketones is 2. The van der Waals surface area contributed by atoms with Crippen LogP contribution in [0.3, 0.4) is 0 Å². The summed E-state index contributed by atoms with van der Waals surface area (Å²) in [4.78, 5) is 41.4. The molecule has 1 aromatic rings. The summed E-state index contributed by atoms with van der Waals surface area (Å²) in [6.07, 6.45) is 10.9. The third-order valence-electron chi connectivity index (χ3n) is 6.05. The lowest BCUT2D eigenvalue weighted by molar-refractivity contribution is -0.156. The first-order chi connectivity index (χ1) is 16.0. The smallest absolute Gasteiger partial charge is 0.303 e. The number of aromatic nitrogens is 1. The summed E-state index contributed by atoms with van der Waals surface area (Å²) in [6, 6.07) is 3.83. The number of hydrogen-bond acceptors (Lipinski definition) is 7. The molecule has 1 aliphatic rings. The van der Waals surface area contributed by atoms with Gasteiger partial charge < -0.3 is 14.9 Å². The number of aliphatic hydroxyl groups excluding tert-OH is 1. The Morgan fingerprint density at radius 3 is 2.68 bits per heavy atom. The number of nitrogens with zero attached hydrogens (tertiary/aromatic N) is 1. The third-order valence-corrected chi connectivity index (χ3v) is 6.05. The Morgan fingerprint density at radius 1 is 1.29 bits per heavy atom. The van der Waals surface area contributed by atoms with Crippen LogP contribution in [-0.2, 0) is 25.5 Å². The number of ether oxygens (including phenoxy) is 1. The molecule has 0 spiro atoms. The minimum Gasteiger partial charge on any atom is -0.455 e. The van der Waals surface area contributed by atoms with Gasteiger partial charge in [-0.1, -0.05) is 42.9 Å². The van der Waals surface area contributed by atoms with Gasteiger partial charge in [-0.25, -0.2) is 0 Å². The highest BCUT2D eigenvalue weighted by atomic mass is 16.6. The van der Waals surface area contributed by atoms with E-state index in [9.17, 15) is 24.6 Å². The highest BCUT2D eigenvalue weighted by molar-refractivity contribution is 6.38. The molecule has 34 heavy (non-hydrogen) atoms. The van der Waals surface area contributed by atoms with E-state index in [2.05, 4.69) is 4.98 Å². The third kappa shape index (κ3) is 8.15. The molecule has 2 rings (SSSR count). The lowest BCUT2D eigenvalue weighted by Crippen LogP contribution is -2.42. The number of aliphatic hydroxyl groups is 2. The molecule has 0 bridgehead atoms. The van der Waals surface area contributed by atoms with Gasteiger partial charge in [-0.3, -0.25) is 19.4 Å². The monoisotopic (exact) mass is 469 g/mol. The number of carbonyl (C=O) groups excluding carboxylic acids is 3. The molecule has 2 N–H and O–H groups in total. The summed E-state index contributed by atoms with van der Waals surface area (Å²) in [6.45, 7) is 6.37. The molecular weight excluding hydrogens is 434 g/mol. The molecule has 0 saturated carbocycles. The lowest BCUT2D eigenvalue weighted by atomic mass is 9.79. The van der Waals surface area contributed by atoms with Crippen LogP contribution < -0.4 is 0 Å². The fourth-order valence-electron chi connectivity index (χ4n) is 4.04. The standard InChI is InChI=1S/C27H35NO6/c1-18(8-5-6-9-21-10-7-15-28-17-21)25-19(2)11-12-24(34-20(3)29)27(4,33)14-13-22(30)16-23(31)26(25)32/h5-8,10-12,15,17,19,22,24-25,30,33H,9,13-14,16H2,1-4H3/b6-5+,12-11+,18-8+/t19-,22+,24+,25+,27+/m0/s1. The molecule has 0 amide bonds. The summed E-state index contributed by atoms with van der Waals surface area (Å²) in [7, 11) is 0. The van der Waals surface area contributed by atoms with Crippen LogP contribution >= 0.6 is 0 Å². The first-order valence-electron chi connectivity index (χ1n) is 11.6. The van der Waals surface area contributed by atoms with Crippen LogP contribution in [0.5, 0.6) is 0 Å². The highest BCUT2D eigenvalue weighted by Gasteiger charge is 2.36. The molecule has 0 saturated heterocycles. The second kappa shape index (κ2) is 12.5. The van der Waals surface area contributed by atoms with Gasteiger partial charge in [0.05, 0.1) is 12.0 Å². The highest BCUT2D eigenvalue weighted by Crippen LogP contribution is 2.29. The van der Waals surface area contributed by atoms with E-state index in [-0.39, 0.29) is 19.3 Å². The van der Waals surface area contributed by atoms with E-state index in [1.54, 1.807) is 44.5 Å². The average Bonchev–Trinajstić information content (AvgIpc) is 2.78. The van der Waals surface area contributed by atoms with E-state index in [0.29, 0.717) is 12.0 Å². The predicted octanol–water partition coefficient (Wildman–Crippen LogP) is 3.30. The number of hydrogen-bond donors (Lipinski definition) is 2. The average molecular weight is 470 g/mol. The number of rotatable bonds is 5. The lowest BCUT2D eigenvalue weighted by Gasteiger charge is -2.32. The zero-order valence-corrected chi connectivity index (χ0v) is 20.3. The van der Waals surface area contributed by atoms with E-state index < -0.39 is 47.2 Å². The van der Waals surface area contributed by atoms with Crippen molar-refractivity contribution in [3.8, 4) is 0 Å². The Bertz CT molecular complexity index is 947. The largest absolute Gasteiger partial charge is 0.455 e. The Labute approximate surface area is 201 Å². The van der Waals surface area contributed by atoms with Crippen LogP contribution in [0.25, 0.3) is 0 Å². The molecule has 0 unspecified atom stereocenters. The van der Waals surface area contributed by atoms with Crippen molar-refractivity contribution in [1.29, 1.82) is 0 Å².